The van der Waals surface area contributed by atoms with Gasteiger partial charge in [-0.2, -0.15) is 8.42 Å². The molecule has 2 aromatic rings. The minimum Gasteiger partial charge on any atom is -0.355 e. The summed E-state index contributed by atoms with van der Waals surface area (Å²) in [5.74, 6) is 0.467. The summed E-state index contributed by atoms with van der Waals surface area (Å²) in [6.07, 6.45) is 3.04. The molecule has 7 heteroatoms. The summed E-state index contributed by atoms with van der Waals surface area (Å²) >= 11 is 0. The number of fused-ring (bicyclic) bond motifs is 1. The van der Waals surface area contributed by atoms with Crippen molar-refractivity contribution in [2.24, 2.45) is 10.3 Å². The second-order valence-corrected chi connectivity index (χ2v) is 8.79. The Hall–Kier alpha value is -2.93. The standard InChI is InChI=1S/C22H23N3O3S/c1-2-14-25(18-8-4-3-5-9-18)22(26)17-12-15-24(16-13-17)21-19-10-6-7-11-20(19)29(27,28)23-21/h2-11,17H,1,12-16H2. The molecule has 4 rings (SSSR count). The molecule has 0 unspecified atom stereocenters. The van der Waals surface area contributed by atoms with Gasteiger partial charge in [-0.3, -0.25) is 4.79 Å². The summed E-state index contributed by atoms with van der Waals surface area (Å²) in [6, 6.07) is 16.5. The van der Waals surface area contributed by atoms with Crippen molar-refractivity contribution in [3.8, 4) is 0 Å². The van der Waals surface area contributed by atoms with E-state index < -0.39 is 10.0 Å². The zero-order chi connectivity index (χ0) is 20.4. The third-order valence-electron chi connectivity index (χ3n) is 5.40. The molecule has 0 N–H and O–H groups in total. The fraction of sp³-hybridized carbons (Fsp3) is 0.273. The number of benzene rings is 2. The Morgan fingerprint density at radius 3 is 2.45 bits per heavy atom. The topological polar surface area (TPSA) is 70.1 Å². The first-order chi connectivity index (χ1) is 14.0. The first kappa shape index (κ1) is 19.4. The van der Waals surface area contributed by atoms with Gasteiger partial charge < -0.3 is 9.80 Å². The van der Waals surface area contributed by atoms with Crippen molar-refractivity contribution in [3.05, 3.63) is 72.8 Å². The number of likely N-dealkylation sites (tertiary alicyclic amines) is 1. The predicted octanol–water partition coefficient (Wildman–Crippen LogP) is 3.07. The zero-order valence-electron chi connectivity index (χ0n) is 16.1. The largest absolute Gasteiger partial charge is 0.355 e. The second kappa shape index (κ2) is 7.83. The molecule has 0 atom stereocenters. The number of rotatable bonds is 4. The van der Waals surface area contributed by atoms with E-state index in [-0.39, 0.29) is 16.7 Å². The molecule has 0 spiro atoms. The second-order valence-electron chi connectivity index (χ2n) is 7.22. The molecule has 2 aliphatic heterocycles. The van der Waals surface area contributed by atoms with E-state index >= 15 is 0 Å². The highest BCUT2D eigenvalue weighted by Gasteiger charge is 2.35. The first-order valence-corrected chi connectivity index (χ1v) is 11.1. The van der Waals surface area contributed by atoms with Gasteiger partial charge in [-0.15, -0.1) is 11.0 Å². The Balaban J connectivity index is 1.48. The highest BCUT2D eigenvalue weighted by Crippen LogP contribution is 2.30. The monoisotopic (exact) mass is 409 g/mol. The quantitative estimate of drug-likeness (QED) is 0.728. The van der Waals surface area contributed by atoms with E-state index in [0.717, 1.165) is 5.69 Å². The van der Waals surface area contributed by atoms with Gasteiger partial charge in [0.25, 0.3) is 10.0 Å². The van der Waals surface area contributed by atoms with E-state index in [1.165, 1.54) is 0 Å². The SMILES string of the molecule is C=CCN(C(=O)C1CCN(C2=NS(=O)(=O)c3ccccc32)CC1)c1ccccc1. The first-order valence-electron chi connectivity index (χ1n) is 9.68. The van der Waals surface area contributed by atoms with Crippen LogP contribution < -0.4 is 4.90 Å². The number of hydrogen-bond acceptors (Lipinski definition) is 4. The van der Waals surface area contributed by atoms with Gasteiger partial charge in [-0.25, -0.2) is 0 Å². The van der Waals surface area contributed by atoms with Gasteiger partial charge in [0.2, 0.25) is 5.91 Å². The van der Waals surface area contributed by atoms with Crippen LogP contribution in [0, 0.1) is 5.92 Å². The molecule has 2 aromatic carbocycles. The predicted molar refractivity (Wildman–Crippen MR) is 113 cm³/mol. The maximum Gasteiger partial charge on any atom is 0.285 e. The Morgan fingerprint density at radius 1 is 1.10 bits per heavy atom. The summed E-state index contributed by atoms with van der Waals surface area (Å²) in [7, 11) is -3.63. The van der Waals surface area contributed by atoms with Crippen LogP contribution in [0.3, 0.4) is 0 Å². The van der Waals surface area contributed by atoms with E-state index in [0.29, 0.717) is 43.9 Å². The highest BCUT2D eigenvalue weighted by atomic mass is 32.2. The van der Waals surface area contributed by atoms with E-state index in [1.807, 2.05) is 41.3 Å². The number of anilines is 1. The number of nitrogens with zero attached hydrogens (tertiary/aromatic N) is 3. The average Bonchev–Trinajstić information content (AvgIpc) is 3.03. The Kier molecular flexibility index (Phi) is 5.24. The molecule has 2 heterocycles. The molecule has 150 valence electrons. The van der Waals surface area contributed by atoms with Gasteiger partial charge in [0.05, 0.1) is 0 Å². The van der Waals surface area contributed by atoms with Gasteiger partial charge >= 0.3 is 0 Å². The molecule has 2 aliphatic rings. The molecular weight excluding hydrogens is 386 g/mol. The number of hydrogen-bond donors (Lipinski definition) is 0. The number of carbonyl (C=O) groups excluding carboxylic acids is 1. The maximum absolute atomic E-state index is 13.2. The summed E-state index contributed by atoms with van der Waals surface area (Å²) in [5.41, 5.74) is 1.51. The molecule has 29 heavy (non-hydrogen) atoms. The Morgan fingerprint density at radius 2 is 1.76 bits per heavy atom. The van der Waals surface area contributed by atoms with Gasteiger partial charge in [0.15, 0.2) is 5.84 Å². The van der Waals surface area contributed by atoms with Crippen molar-refractivity contribution in [1.82, 2.24) is 4.90 Å². The van der Waals surface area contributed by atoms with Gasteiger partial charge in [-0.1, -0.05) is 36.4 Å². The summed E-state index contributed by atoms with van der Waals surface area (Å²) < 4.78 is 28.6. The molecule has 1 fully saturated rings. The van der Waals surface area contributed by atoms with Crippen LogP contribution in [0.2, 0.25) is 0 Å². The van der Waals surface area contributed by atoms with Crippen LogP contribution in [0.4, 0.5) is 5.69 Å². The van der Waals surface area contributed by atoms with Crippen molar-refractivity contribution >= 4 is 27.5 Å². The van der Waals surface area contributed by atoms with Crippen LogP contribution in [0.1, 0.15) is 18.4 Å². The molecule has 0 bridgehead atoms. The maximum atomic E-state index is 13.2. The van der Waals surface area contributed by atoms with Crippen molar-refractivity contribution in [1.29, 1.82) is 0 Å². The van der Waals surface area contributed by atoms with Crippen LogP contribution in [-0.2, 0) is 14.8 Å². The Labute approximate surface area is 171 Å². The molecule has 1 amide bonds. The van der Waals surface area contributed by atoms with Gasteiger partial charge in [-0.05, 0) is 37.1 Å². The molecule has 0 saturated carbocycles. The lowest BCUT2D eigenvalue weighted by Gasteiger charge is -2.35. The van der Waals surface area contributed by atoms with Crippen LogP contribution in [0.5, 0.6) is 0 Å². The molecule has 1 saturated heterocycles. The van der Waals surface area contributed by atoms with E-state index in [9.17, 15) is 13.2 Å². The highest BCUT2D eigenvalue weighted by molar-refractivity contribution is 7.90. The van der Waals surface area contributed by atoms with Crippen molar-refractivity contribution in [2.75, 3.05) is 24.5 Å². The third-order valence-corrected chi connectivity index (χ3v) is 6.73. The summed E-state index contributed by atoms with van der Waals surface area (Å²) in [5, 5.41) is 0. The average molecular weight is 410 g/mol. The lowest BCUT2D eigenvalue weighted by atomic mass is 9.94. The van der Waals surface area contributed by atoms with Gasteiger partial charge in [0.1, 0.15) is 4.90 Å². The Bertz CT molecular complexity index is 1060. The number of carbonyl (C=O) groups is 1. The molecular formula is C22H23N3O3S. The van der Waals surface area contributed by atoms with E-state index in [1.54, 1.807) is 29.2 Å². The van der Waals surface area contributed by atoms with Crippen molar-refractivity contribution in [2.45, 2.75) is 17.7 Å². The molecule has 0 aliphatic carbocycles. The fourth-order valence-corrected chi connectivity index (χ4v) is 5.16. The third kappa shape index (κ3) is 3.70. The summed E-state index contributed by atoms with van der Waals surface area (Å²) in [6.45, 7) is 5.42. The van der Waals surface area contributed by atoms with Crippen molar-refractivity contribution in [3.63, 3.8) is 0 Å². The van der Waals surface area contributed by atoms with Crippen LogP contribution in [0.25, 0.3) is 0 Å². The zero-order valence-corrected chi connectivity index (χ0v) is 16.9. The number of amidine groups is 1. The smallest absolute Gasteiger partial charge is 0.285 e. The number of sulfonamides is 1. The fourth-order valence-electron chi connectivity index (χ4n) is 3.93. The van der Waals surface area contributed by atoms with E-state index in [2.05, 4.69) is 11.0 Å². The van der Waals surface area contributed by atoms with Gasteiger partial charge in [0, 0.05) is 36.8 Å². The van der Waals surface area contributed by atoms with Crippen LogP contribution in [-0.4, -0.2) is 44.7 Å². The minimum atomic E-state index is -3.63. The molecule has 0 aromatic heterocycles. The number of para-hydroxylation sites is 1. The lowest BCUT2D eigenvalue weighted by Crippen LogP contribution is -2.44. The molecule has 6 nitrogen and oxygen atoms in total. The van der Waals surface area contributed by atoms with Crippen LogP contribution >= 0.6 is 0 Å². The van der Waals surface area contributed by atoms with E-state index in [4.69, 9.17) is 0 Å². The lowest BCUT2D eigenvalue weighted by molar-refractivity contribution is -0.123. The van der Waals surface area contributed by atoms with Crippen molar-refractivity contribution < 1.29 is 13.2 Å². The normalized spacial score (nSPS) is 18.1. The number of piperidine rings is 1. The number of amides is 1. The molecule has 0 radical (unpaired) electrons. The minimum absolute atomic E-state index is 0.0807. The van der Waals surface area contributed by atoms with Crippen LogP contribution in [0.15, 0.2) is 76.5 Å². The summed E-state index contributed by atoms with van der Waals surface area (Å²) in [4.78, 5) is 17.2.